The Bertz CT molecular complexity index is 273. The molecule has 4 heteroatoms. The number of thiazole rings is 1. The molecule has 0 amide bonds. The van der Waals surface area contributed by atoms with Crippen LogP contribution in [0, 0.1) is 12.8 Å². The maximum atomic E-state index is 5.47. The Hall–Kier alpha value is -0.450. The van der Waals surface area contributed by atoms with Gasteiger partial charge < -0.3 is 11.1 Å². The van der Waals surface area contributed by atoms with E-state index in [4.69, 9.17) is 5.73 Å². The van der Waals surface area contributed by atoms with Gasteiger partial charge in [0.1, 0.15) is 0 Å². The van der Waals surface area contributed by atoms with Crippen LogP contribution in [-0.4, -0.2) is 18.1 Å². The van der Waals surface area contributed by atoms with E-state index in [1.54, 1.807) is 11.3 Å². The van der Waals surface area contributed by atoms with Gasteiger partial charge in [-0.05, 0) is 38.8 Å². The Kier molecular flexibility index (Phi) is 5.83. The molecule has 1 aromatic rings. The quantitative estimate of drug-likeness (QED) is 0.748. The van der Waals surface area contributed by atoms with Gasteiger partial charge in [0, 0.05) is 17.6 Å². The van der Waals surface area contributed by atoms with Gasteiger partial charge in [-0.1, -0.05) is 6.92 Å². The van der Waals surface area contributed by atoms with E-state index in [-0.39, 0.29) is 0 Å². The molecule has 0 radical (unpaired) electrons. The topological polar surface area (TPSA) is 50.9 Å². The maximum Gasteiger partial charge on any atom is 0.0897 e. The van der Waals surface area contributed by atoms with Crippen LogP contribution >= 0.6 is 11.3 Å². The zero-order chi connectivity index (χ0) is 11.1. The maximum absolute atomic E-state index is 5.47. The summed E-state index contributed by atoms with van der Waals surface area (Å²) in [6, 6.07) is 0. The van der Waals surface area contributed by atoms with Crippen LogP contribution in [-0.2, 0) is 6.54 Å². The number of rotatable bonds is 7. The molecule has 3 nitrogen and oxygen atoms in total. The van der Waals surface area contributed by atoms with Crippen molar-refractivity contribution in [3.8, 4) is 0 Å². The van der Waals surface area contributed by atoms with Crippen LogP contribution in [0.4, 0.5) is 0 Å². The molecule has 0 aliphatic rings. The molecule has 0 saturated carbocycles. The number of hydrogen-bond acceptors (Lipinski definition) is 4. The predicted octanol–water partition coefficient (Wildman–Crippen LogP) is 1.92. The van der Waals surface area contributed by atoms with Gasteiger partial charge in [-0.2, -0.15) is 0 Å². The highest BCUT2D eigenvalue weighted by molar-refractivity contribution is 7.11. The highest BCUT2D eigenvalue weighted by Crippen LogP contribution is 2.11. The Morgan fingerprint density at radius 2 is 2.40 bits per heavy atom. The smallest absolute Gasteiger partial charge is 0.0897 e. The fourth-order valence-electron chi connectivity index (χ4n) is 1.50. The minimum atomic E-state index is 0.711. The molecule has 0 aliphatic heterocycles. The summed E-state index contributed by atoms with van der Waals surface area (Å²) < 4.78 is 0. The highest BCUT2D eigenvalue weighted by atomic mass is 32.1. The molecule has 0 bridgehead atoms. The Labute approximate surface area is 96.1 Å². The second-order valence-electron chi connectivity index (χ2n) is 4.01. The first-order valence-electron chi connectivity index (χ1n) is 5.54. The molecule has 0 saturated heterocycles. The molecule has 0 fully saturated rings. The minimum Gasteiger partial charge on any atom is -0.330 e. The summed E-state index contributed by atoms with van der Waals surface area (Å²) in [5.74, 6) is 0.711. The summed E-state index contributed by atoms with van der Waals surface area (Å²) in [5.41, 5.74) is 5.47. The van der Waals surface area contributed by atoms with Gasteiger partial charge in [-0.15, -0.1) is 11.3 Å². The lowest BCUT2D eigenvalue weighted by Gasteiger charge is -2.10. The van der Waals surface area contributed by atoms with Gasteiger partial charge in [0.2, 0.25) is 0 Å². The van der Waals surface area contributed by atoms with E-state index >= 15 is 0 Å². The van der Waals surface area contributed by atoms with Crippen molar-refractivity contribution < 1.29 is 0 Å². The zero-order valence-electron chi connectivity index (χ0n) is 9.62. The van der Waals surface area contributed by atoms with Crippen molar-refractivity contribution in [2.45, 2.75) is 33.2 Å². The van der Waals surface area contributed by atoms with E-state index in [1.807, 2.05) is 13.1 Å². The summed E-state index contributed by atoms with van der Waals surface area (Å²) in [5, 5.41) is 4.59. The standard InChI is InChI=1S/C11H21N3S/c1-9(4-3-5-12)6-13-7-11-8-14-10(2)15-11/h8-9,13H,3-7,12H2,1-2H3. The summed E-state index contributed by atoms with van der Waals surface area (Å²) >= 11 is 1.76. The van der Waals surface area contributed by atoms with E-state index in [0.29, 0.717) is 5.92 Å². The van der Waals surface area contributed by atoms with Crippen molar-refractivity contribution in [3.63, 3.8) is 0 Å². The van der Waals surface area contributed by atoms with Crippen LogP contribution < -0.4 is 11.1 Å². The molecule has 0 aromatic carbocycles. The summed E-state index contributed by atoms with van der Waals surface area (Å²) in [6.07, 6.45) is 4.30. The molecule has 1 rings (SSSR count). The summed E-state index contributed by atoms with van der Waals surface area (Å²) in [4.78, 5) is 5.54. The molecular formula is C11H21N3S. The average molecular weight is 227 g/mol. The van der Waals surface area contributed by atoms with E-state index in [2.05, 4.69) is 17.2 Å². The first-order valence-corrected chi connectivity index (χ1v) is 6.36. The number of nitrogens with two attached hydrogens (primary N) is 1. The number of nitrogens with zero attached hydrogens (tertiary/aromatic N) is 1. The SMILES string of the molecule is Cc1ncc(CNCC(C)CCCN)s1. The lowest BCUT2D eigenvalue weighted by molar-refractivity contribution is 0.470. The van der Waals surface area contributed by atoms with Crippen molar-refractivity contribution in [1.82, 2.24) is 10.3 Å². The zero-order valence-corrected chi connectivity index (χ0v) is 10.4. The predicted molar refractivity (Wildman–Crippen MR) is 66.0 cm³/mol. The molecule has 0 spiro atoms. The molecule has 3 N–H and O–H groups in total. The highest BCUT2D eigenvalue weighted by Gasteiger charge is 2.02. The van der Waals surface area contributed by atoms with Gasteiger partial charge in [0.05, 0.1) is 5.01 Å². The van der Waals surface area contributed by atoms with E-state index in [1.165, 1.54) is 11.3 Å². The monoisotopic (exact) mass is 227 g/mol. The Morgan fingerprint density at radius 3 is 3.00 bits per heavy atom. The minimum absolute atomic E-state index is 0.711. The van der Waals surface area contributed by atoms with Crippen LogP contribution in [0.15, 0.2) is 6.20 Å². The van der Waals surface area contributed by atoms with Crippen LogP contribution in [0.5, 0.6) is 0 Å². The van der Waals surface area contributed by atoms with Gasteiger partial charge >= 0.3 is 0 Å². The van der Waals surface area contributed by atoms with Crippen molar-refractivity contribution in [2.24, 2.45) is 11.7 Å². The van der Waals surface area contributed by atoms with Crippen molar-refractivity contribution in [2.75, 3.05) is 13.1 Å². The molecule has 1 aromatic heterocycles. The average Bonchev–Trinajstić information content (AvgIpc) is 2.61. The fraction of sp³-hybridized carbons (Fsp3) is 0.727. The van der Waals surface area contributed by atoms with Crippen LogP contribution in [0.25, 0.3) is 0 Å². The Balaban J connectivity index is 2.10. The second-order valence-corrected chi connectivity index (χ2v) is 5.33. The van der Waals surface area contributed by atoms with Crippen molar-refractivity contribution >= 4 is 11.3 Å². The van der Waals surface area contributed by atoms with Crippen molar-refractivity contribution in [1.29, 1.82) is 0 Å². The number of aryl methyl sites for hydroxylation is 1. The first kappa shape index (κ1) is 12.6. The summed E-state index contributed by atoms with van der Waals surface area (Å²) in [7, 11) is 0. The molecule has 1 atom stereocenters. The Morgan fingerprint density at radius 1 is 1.60 bits per heavy atom. The number of hydrogen-bond donors (Lipinski definition) is 2. The second kappa shape index (κ2) is 6.93. The van der Waals surface area contributed by atoms with Crippen molar-refractivity contribution in [3.05, 3.63) is 16.1 Å². The van der Waals surface area contributed by atoms with Gasteiger partial charge in [-0.25, -0.2) is 4.98 Å². The first-order chi connectivity index (χ1) is 7.22. The van der Waals surface area contributed by atoms with Crippen LogP contribution in [0.2, 0.25) is 0 Å². The third-order valence-electron chi connectivity index (χ3n) is 2.36. The molecule has 1 heterocycles. The third kappa shape index (κ3) is 5.25. The van der Waals surface area contributed by atoms with Gasteiger partial charge in [0.15, 0.2) is 0 Å². The lowest BCUT2D eigenvalue weighted by Crippen LogP contribution is -2.20. The van der Waals surface area contributed by atoms with E-state index in [9.17, 15) is 0 Å². The van der Waals surface area contributed by atoms with Crippen LogP contribution in [0.1, 0.15) is 29.7 Å². The van der Waals surface area contributed by atoms with Gasteiger partial charge in [0.25, 0.3) is 0 Å². The molecular weight excluding hydrogens is 206 g/mol. The largest absolute Gasteiger partial charge is 0.330 e. The normalized spacial score (nSPS) is 13.0. The molecule has 1 unspecified atom stereocenters. The number of aromatic nitrogens is 1. The molecule has 0 aliphatic carbocycles. The van der Waals surface area contributed by atoms with Crippen LogP contribution in [0.3, 0.4) is 0 Å². The molecule has 86 valence electrons. The number of nitrogens with one attached hydrogen (secondary N) is 1. The van der Waals surface area contributed by atoms with Gasteiger partial charge in [-0.3, -0.25) is 0 Å². The molecule has 15 heavy (non-hydrogen) atoms. The summed E-state index contributed by atoms with van der Waals surface area (Å²) in [6.45, 7) is 7.12. The third-order valence-corrected chi connectivity index (χ3v) is 3.27. The lowest BCUT2D eigenvalue weighted by atomic mass is 10.1. The fourth-order valence-corrected chi connectivity index (χ4v) is 2.26. The van der Waals surface area contributed by atoms with E-state index < -0.39 is 0 Å². The van der Waals surface area contributed by atoms with E-state index in [0.717, 1.165) is 31.1 Å².